The average Bonchev–Trinajstić information content (AvgIpc) is 2.95. The zero-order chi connectivity index (χ0) is 26.8. The van der Waals surface area contributed by atoms with Crippen molar-refractivity contribution in [3.63, 3.8) is 0 Å². The molecule has 2 fully saturated rings. The maximum atomic E-state index is 13.1. The van der Waals surface area contributed by atoms with Gasteiger partial charge in [-0.25, -0.2) is 0 Å². The summed E-state index contributed by atoms with van der Waals surface area (Å²) in [5, 5.41) is 0. The second kappa shape index (κ2) is 10.9. The molecule has 0 saturated carbocycles. The molecule has 2 aromatic carbocycles. The van der Waals surface area contributed by atoms with E-state index in [0.717, 1.165) is 26.2 Å². The van der Waals surface area contributed by atoms with Crippen molar-refractivity contribution >= 4 is 23.2 Å². The van der Waals surface area contributed by atoms with Crippen LogP contribution in [0, 0.1) is 27.7 Å². The number of piperazine rings is 2. The number of carbonyl (C=O) groups excluding carboxylic acids is 2. The predicted octanol–water partition coefficient (Wildman–Crippen LogP) is 4.24. The molecule has 2 aliphatic heterocycles. The molecule has 198 valence electrons. The normalized spacial score (nSPS) is 16.1. The molecule has 3 aromatic rings. The van der Waals surface area contributed by atoms with E-state index >= 15 is 0 Å². The lowest BCUT2D eigenvalue weighted by atomic mass is 10.1. The van der Waals surface area contributed by atoms with Crippen molar-refractivity contribution in [2.45, 2.75) is 27.7 Å². The number of aromatic nitrogens is 1. The number of benzene rings is 2. The average molecular weight is 512 g/mol. The Hall–Kier alpha value is -3.87. The van der Waals surface area contributed by atoms with Gasteiger partial charge in [-0.2, -0.15) is 0 Å². The monoisotopic (exact) mass is 511 g/mol. The standard InChI is InChI=1S/C31H37N5O2/c1-22-7-5-9-28(24(22)3)33-13-17-35(18-14-33)30(37)26-11-12-27(32-21-26)31(38)36-19-15-34(16-20-36)29-10-6-8-23(2)25(29)4/h5-12,21H,13-20H2,1-4H3. The number of nitrogens with zero attached hydrogens (tertiary/aromatic N) is 5. The quantitative estimate of drug-likeness (QED) is 0.525. The molecule has 0 N–H and O–H groups in total. The van der Waals surface area contributed by atoms with E-state index in [1.54, 1.807) is 18.3 Å². The van der Waals surface area contributed by atoms with Gasteiger partial charge in [-0.15, -0.1) is 0 Å². The van der Waals surface area contributed by atoms with Gasteiger partial charge >= 0.3 is 0 Å². The molecule has 0 spiro atoms. The van der Waals surface area contributed by atoms with E-state index in [2.05, 4.69) is 78.9 Å². The third-order valence-electron chi connectivity index (χ3n) is 8.20. The third kappa shape index (κ3) is 5.10. The predicted molar refractivity (Wildman–Crippen MR) is 152 cm³/mol. The molecule has 2 amide bonds. The number of amides is 2. The van der Waals surface area contributed by atoms with Gasteiger partial charge in [0.2, 0.25) is 0 Å². The highest BCUT2D eigenvalue weighted by Gasteiger charge is 2.26. The van der Waals surface area contributed by atoms with E-state index in [1.165, 1.54) is 33.6 Å². The second-order valence-electron chi connectivity index (χ2n) is 10.4. The maximum Gasteiger partial charge on any atom is 0.272 e. The summed E-state index contributed by atoms with van der Waals surface area (Å²) < 4.78 is 0. The van der Waals surface area contributed by atoms with Crippen LogP contribution in [-0.4, -0.2) is 79.0 Å². The minimum atomic E-state index is -0.0771. The zero-order valence-electron chi connectivity index (χ0n) is 22.9. The Morgan fingerprint density at radius 3 is 1.53 bits per heavy atom. The Kier molecular flexibility index (Phi) is 7.36. The Morgan fingerprint density at radius 2 is 1.08 bits per heavy atom. The van der Waals surface area contributed by atoms with Crippen LogP contribution in [0.1, 0.15) is 43.1 Å². The summed E-state index contributed by atoms with van der Waals surface area (Å²) in [7, 11) is 0. The van der Waals surface area contributed by atoms with Gasteiger partial charge < -0.3 is 19.6 Å². The first-order valence-electron chi connectivity index (χ1n) is 13.5. The summed E-state index contributed by atoms with van der Waals surface area (Å²) in [6, 6.07) is 16.2. The lowest BCUT2D eigenvalue weighted by Gasteiger charge is -2.37. The molecule has 7 nitrogen and oxygen atoms in total. The van der Waals surface area contributed by atoms with Gasteiger partial charge in [-0.1, -0.05) is 24.3 Å². The molecule has 0 radical (unpaired) electrons. The fourth-order valence-corrected chi connectivity index (χ4v) is 5.45. The van der Waals surface area contributed by atoms with Crippen molar-refractivity contribution in [2.75, 3.05) is 62.2 Å². The van der Waals surface area contributed by atoms with Crippen LogP contribution in [0.15, 0.2) is 54.7 Å². The van der Waals surface area contributed by atoms with Crippen LogP contribution in [0.4, 0.5) is 11.4 Å². The first-order valence-corrected chi connectivity index (χ1v) is 13.5. The molecule has 7 heteroatoms. The minimum Gasteiger partial charge on any atom is -0.368 e. The first kappa shape index (κ1) is 25.8. The molecule has 5 rings (SSSR count). The Balaban J connectivity index is 1.16. The van der Waals surface area contributed by atoms with Gasteiger partial charge in [0.15, 0.2) is 0 Å². The minimum absolute atomic E-state index is 0.0285. The number of hydrogen-bond acceptors (Lipinski definition) is 5. The Bertz CT molecular complexity index is 1220. The summed E-state index contributed by atoms with van der Waals surface area (Å²) in [6.45, 7) is 14.4. The molecule has 2 saturated heterocycles. The molecule has 2 aliphatic rings. The summed E-state index contributed by atoms with van der Waals surface area (Å²) >= 11 is 0. The summed E-state index contributed by atoms with van der Waals surface area (Å²) in [4.78, 5) is 39.1. The summed E-state index contributed by atoms with van der Waals surface area (Å²) in [5.74, 6) is -0.106. The number of aryl methyl sites for hydroxylation is 2. The van der Waals surface area contributed by atoms with E-state index in [4.69, 9.17) is 0 Å². The van der Waals surface area contributed by atoms with Crippen molar-refractivity contribution < 1.29 is 9.59 Å². The van der Waals surface area contributed by atoms with E-state index in [9.17, 15) is 9.59 Å². The smallest absolute Gasteiger partial charge is 0.272 e. The van der Waals surface area contributed by atoms with Crippen LogP contribution in [0.3, 0.4) is 0 Å². The van der Waals surface area contributed by atoms with Crippen LogP contribution >= 0.6 is 0 Å². The van der Waals surface area contributed by atoms with Crippen LogP contribution in [0.2, 0.25) is 0 Å². The molecule has 0 bridgehead atoms. The van der Waals surface area contributed by atoms with Gasteiger partial charge in [-0.3, -0.25) is 14.6 Å². The van der Waals surface area contributed by atoms with Crippen LogP contribution in [0.25, 0.3) is 0 Å². The van der Waals surface area contributed by atoms with E-state index < -0.39 is 0 Å². The fraction of sp³-hybridized carbons (Fsp3) is 0.387. The maximum absolute atomic E-state index is 13.1. The number of carbonyl (C=O) groups is 2. The van der Waals surface area contributed by atoms with Crippen molar-refractivity contribution in [2.24, 2.45) is 0 Å². The SMILES string of the molecule is Cc1cccc(N2CCN(C(=O)c3ccc(C(=O)N4CCN(c5cccc(C)c5C)CC4)nc3)CC2)c1C. The van der Waals surface area contributed by atoms with Crippen molar-refractivity contribution in [1.82, 2.24) is 14.8 Å². The van der Waals surface area contributed by atoms with Crippen LogP contribution in [-0.2, 0) is 0 Å². The van der Waals surface area contributed by atoms with Gasteiger partial charge in [0.1, 0.15) is 5.69 Å². The Morgan fingerprint density at radius 1 is 0.605 bits per heavy atom. The largest absolute Gasteiger partial charge is 0.368 e. The molecule has 1 aromatic heterocycles. The second-order valence-corrected chi connectivity index (χ2v) is 10.4. The number of pyridine rings is 1. The van der Waals surface area contributed by atoms with Gasteiger partial charge in [-0.05, 0) is 74.2 Å². The lowest BCUT2D eigenvalue weighted by molar-refractivity contribution is 0.0729. The Labute approximate surface area is 225 Å². The highest BCUT2D eigenvalue weighted by Crippen LogP contribution is 2.25. The van der Waals surface area contributed by atoms with Gasteiger partial charge in [0, 0.05) is 69.9 Å². The highest BCUT2D eigenvalue weighted by atomic mass is 16.2. The van der Waals surface area contributed by atoms with Crippen molar-refractivity contribution in [3.05, 3.63) is 88.2 Å². The molecule has 0 aliphatic carbocycles. The zero-order valence-corrected chi connectivity index (χ0v) is 22.9. The fourth-order valence-electron chi connectivity index (χ4n) is 5.45. The molecule has 38 heavy (non-hydrogen) atoms. The lowest BCUT2D eigenvalue weighted by Crippen LogP contribution is -2.49. The number of anilines is 2. The number of hydrogen-bond donors (Lipinski definition) is 0. The van der Waals surface area contributed by atoms with Gasteiger partial charge in [0.05, 0.1) is 5.56 Å². The molecular formula is C31H37N5O2. The molecule has 0 unspecified atom stereocenters. The van der Waals surface area contributed by atoms with Crippen LogP contribution in [0.5, 0.6) is 0 Å². The highest BCUT2D eigenvalue weighted by molar-refractivity contribution is 5.96. The van der Waals surface area contributed by atoms with Gasteiger partial charge in [0.25, 0.3) is 11.8 Å². The third-order valence-corrected chi connectivity index (χ3v) is 8.20. The summed E-state index contributed by atoms with van der Waals surface area (Å²) in [6.07, 6.45) is 1.55. The molecular weight excluding hydrogens is 474 g/mol. The number of rotatable bonds is 4. The van der Waals surface area contributed by atoms with Crippen molar-refractivity contribution in [3.8, 4) is 0 Å². The van der Waals surface area contributed by atoms with E-state index in [0.29, 0.717) is 37.4 Å². The molecule has 0 atom stereocenters. The van der Waals surface area contributed by atoms with E-state index in [-0.39, 0.29) is 11.8 Å². The molecule has 3 heterocycles. The van der Waals surface area contributed by atoms with E-state index in [1.807, 2.05) is 9.80 Å². The summed E-state index contributed by atoms with van der Waals surface area (Å²) in [5.41, 5.74) is 8.56. The topological polar surface area (TPSA) is 60.0 Å². The van der Waals surface area contributed by atoms with Crippen LogP contribution < -0.4 is 9.80 Å². The van der Waals surface area contributed by atoms with Crippen molar-refractivity contribution in [1.29, 1.82) is 0 Å². The first-order chi connectivity index (χ1) is 18.3.